The average molecular weight is 244 g/mol. The van der Waals surface area contributed by atoms with Gasteiger partial charge in [-0.25, -0.2) is 0 Å². The highest BCUT2D eigenvalue weighted by Crippen LogP contribution is 2.34. The van der Waals surface area contributed by atoms with E-state index in [9.17, 15) is 0 Å². The van der Waals surface area contributed by atoms with Crippen LogP contribution in [0.5, 0.6) is 0 Å². The van der Waals surface area contributed by atoms with Gasteiger partial charge in [0.1, 0.15) is 0 Å². The van der Waals surface area contributed by atoms with E-state index >= 15 is 0 Å². The van der Waals surface area contributed by atoms with Crippen LogP contribution in [0.4, 0.5) is 5.69 Å². The van der Waals surface area contributed by atoms with Crippen molar-refractivity contribution < 1.29 is 0 Å². The topological polar surface area (TPSA) is 15.3 Å². The smallest absolute Gasteiger partial charge is 0.0403 e. The molecule has 2 atom stereocenters. The van der Waals surface area contributed by atoms with Crippen molar-refractivity contribution >= 4 is 5.69 Å². The maximum absolute atomic E-state index is 3.53. The molecule has 2 unspecified atom stereocenters. The van der Waals surface area contributed by atoms with Gasteiger partial charge < -0.3 is 10.2 Å². The van der Waals surface area contributed by atoms with Crippen molar-refractivity contribution in [3.05, 3.63) is 29.8 Å². The lowest BCUT2D eigenvalue weighted by Gasteiger charge is -2.42. The van der Waals surface area contributed by atoms with E-state index in [1.54, 1.807) is 5.56 Å². The van der Waals surface area contributed by atoms with Crippen LogP contribution in [0.3, 0.4) is 0 Å². The van der Waals surface area contributed by atoms with Gasteiger partial charge in [0, 0.05) is 17.8 Å². The monoisotopic (exact) mass is 244 g/mol. The summed E-state index contributed by atoms with van der Waals surface area (Å²) in [7, 11) is 0. The Morgan fingerprint density at radius 3 is 2.94 bits per heavy atom. The Hall–Kier alpha value is -1.02. The van der Waals surface area contributed by atoms with Gasteiger partial charge in [-0.3, -0.25) is 0 Å². The van der Waals surface area contributed by atoms with E-state index < -0.39 is 0 Å². The fraction of sp³-hybridized carbons (Fsp3) is 0.625. The fourth-order valence-corrected chi connectivity index (χ4v) is 3.55. The molecule has 0 saturated carbocycles. The molecule has 2 aliphatic heterocycles. The van der Waals surface area contributed by atoms with Gasteiger partial charge >= 0.3 is 0 Å². The van der Waals surface area contributed by atoms with Crippen LogP contribution in [0.2, 0.25) is 0 Å². The summed E-state index contributed by atoms with van der Waals surface area (Å²) >= 11 is 0. The molecule has 2 aliphatic rings. The van der Waals surface area contributed by atoms with Crippen molar-refractivity contribution in [1.29, 1.82) is 0 Å². The van der Waals surface area contributed by atoms with Gasteiger partial charge in [-0.1, -0.05) is 18.2 Å². The second-order valence-corrected chi connectivity index (χ2v) is 5.76. The van der Waals surface area contributed by atoms with Gasteiger partial charge in [-0.15, -0.1) is 0 Å². The second kappa shape index (κ2) is 5.31. The van der Waals surface area contributed by atoms with E-state index in [1.165, 1.54) is 50.9 Å². The van der Waals surface area contributed by atoms with Crippen LogP contribution in [0.25, 0.3) is 0 Å². The molecule has 0 aromatic heterocycles. The molecular formula is C16H24N2. The zero-order chi connectivity index (χ0) is 12.4. The Kier molecular flexibility index (Phi) is 3.55. The van der Waals surface area contributed by atoms with Gasteiger partial charge in [0.05, 0.1) is 0 Å². The van der Waals surface area contributed by atoms with Crippen molar-refractivity contribution in [2.75, 3.05) is 18.0 Å². The van der Waals surface area contributed by atoms with Crippen LogP contribution in [0.15, 0.2) is 24.3 Å². The van der Waals surface area contributed by atoms with Gasteiger partial charge in [0.25, 0.3) is 0 Å². The number of hydrogen-bond acceptors (Lipinski definition) is 2. The number of fused-ring (bicyclic) bond motifs is 1. The first-order valence-corrected chi connectivity index (χ1v) is 7.43. The molecule has 1 aromatic rings. The lowest BCUT2D eigenvalue weighted by molar-refractivity contribution is 0.454. The molecule has 2 heteroatoms. The minimum Gasteiger partial charge on any atom is -0.366 e. The number of aryl methyl sites for hydroxylation is 1. The highest BCUT2D eigenvalue weighted by atomic mass is 15.2. The van der Waals surface area contributed by atoms with Gasteiger partial charge in [0.15, 0.2) is 0 Å². The molecule has 2 nitrogen and oxygen atoms in total. The molecule has 3 rings (SSSR count). The lowest BCUT2D eigenvalue weighted by Crippen LogP contribution is -2.45. The highest BCUT2D eigenvalue weighted by molar-refractivity contribution is 5.57. The predicted molar refractivity (Wildman–Crippen MR) is 77.2 cm³/mol. The van der Waals surface area contributed by atoms with Crippen LogP contribution < -0.4 is 10.2 Å². The third-order valence-corrected chi connectivity index (χ3v) is 4.51. The summed E-state index contributed by atoms with van der Waals surface area (Å²) in [4.78, 5) is 2.71. The number of nitrogens with one attached hydrogen (secondary N) is 1. The molecule has 18 heavy (non-hydrogen) atoms. The molecular weight excluding hydrogens is 220 g/mol. The van der Waals surface area contributed by atoms with Crippen LogP contribution in [0.1, 0.15) is 38.2 Å². The number of para-hydroxylation sites is 1. The summed E-state index contributed by atoms with van der Waals surface area (Å²) < 4.78 is 0. The van der Waals surface area contributed by atoms with Gasteiger partial charge in [-0.2, -0.15) is 0 Å². The van der Waals surface area contributed by atoms with Gasteiger partial charge in [-0.05, 0) is 63.7 Å². The second-order valence-electron chi connectivity index (χ2n) is 5.76. The maximum atomic E-state index is 3.53. The Morgan fingerprint density at radius 2 is 2.00 bits per heavy atom. The Labute approximate surface area is 110 Å². The number of benzene rings is 1. The molecule has 0 radical (unpaired) electrons. The molecule has 2 heterocycles. The number of rotatable bonds is 1. The van der Waals surface area contributed by atoms with Crippen molar-refractivity contribution in [2.24, 2.45) is 0 Å². The van der Waals surface area contributed by atoms with Crippen molar-refractivity contribution in [2.45, 2.75) is 51.1 Å². The minimum atomic E-state index is 0.697. The molecule has 1 aromatic carbocycles. The third-order valence-electron chi connectivity index (χ3n) is 4.51. The van der Waals surface area contributed by atoms with E-state index in [2.05, 4.69) is 41.4 Å². The molecule has 1 N–H and O–H groups in total. The van der Waals surface area contributed by atoms with Crippen molar-refractivity contribution in [1.82, 2.24) is 5.32 Å². The summed E-state index contributed by atoms with van der Waals surface area (Å²) in [5, 5.41) is 3.53. The van der Waals surface area contributed by atoms with Crippen molar-refractivity contribution in [3.63, 3.8) is 0 Å². The molecule has 0 spiro atoms. The predicted octanol–water partition coefficient (Wildman–Crippen LogP) is 2.97. The molecule has 1 saturated heterocycles. The van der Waals surface area contributed by atoms with Crippen LogP contribution in [0, 0.1) is 0 Å². The average Bonchev–Trinajstić information content (AvgIpc) is 2.67. The summed E-state index contributed by atoms with van der Waals surface area (Å²) in [5.41, 5.74) is 3.05. The zero-order valence-electron chi connectivity index (χ0n) is 11.4. The fourth-order valence-electron chi connectivity index (χ4n) is 3.55. The van der Waals surface area contributed by atoms with Crippen LogP contribution in [-0.2, 0) is 6.42 Å². The summed E-state index contributed by atoms with van der Waals surface area (Å²) in [5.74, 6) is 0. The third kappa shape index (κ3) is 2.26. The summed E-state index contributed by atoms with van der Waals surface area (Å²) in [6.07, 6.45) is 6.50. The first-order valence-electron chi connectivity index (χ1n) is 7.43. The van der Waals surface area contributed by atoms with Gasteiger partial charge in [0.2, 0.25) is 0 Å². The van der Waals surface area contributed by atoms with E-state index in [0.29, 0.717) is 6.04 Å². The standard InChI is InChI=1S/C16H24N2/c1-13-8-9-14-5-2-3-7-16(14)18(13)15-6-4-11-17-12-10-15/h2-3,5,7,13,15,17H,4,6,8-12H2,1H3. The Balaban J connectivity index is 1.89. The van der Waals surface area contributed by atoms with Crippen LogP contribution >= 0.6 is 0 Å². The quantitative estimate of drug-likeness (QED) is 0.817. The van der Waals surface area contributed by atoms with E-state index in [4.69, 9.17) is 0 Å². The number of anilines is 1. The Bertz CT molecular complexity index is 394. The molecule has 1 fully saturated rings. The normalized spacial score (nSPS) is 28.6. The molecule has 0 bridgehead atoms. The molecule has 0 aliphatic carbocycles. The summed E-state index contributed by atoms with van der Waals surface area (Å²) in [6, 6.07) is 10.4. The first-order chi connectivity index (χ1) is 8.86. The maximum Gasteiger partial charge on any atom is 0.0403 e. The highest BCUT2D eigenvalue weighted by Gasteiger charge is 2.29. The minimum absolute atomic E-state index is 0.697. The van der Waals surface area contributed by atoms with Crippen molar-refractivity contribution in [3.8, 4) is 0 Å². The number of nitrogens with zero attached hydrogens (tertiary/aromatic N) is 1. The first kappa shape index (κ1) is 12.0. The van der Waals surface area contributed by atoms with Crippen LogP contribution in [-0.4, -0.2) is 25.2 Å². The van der Waals surface area contributed by atoms with E-state index in [1.807, 2.05) is 0 Å². The number of hydrogen-bond donors (Lipinski definition) is 1. The molecule has 0 amide bonds. The largest absolute Gasteiger partial charge is 0.366 e. The SMILES string of the molecule is CC1CCc2ccccc2N1C1CCCNCC1. The summed E-state index contributed by atoms with van der Waals surface area (Å²) in [6.45, 7) is 4.77. The zero-order valence-corrected chi connectivity index (χ0v) is 11.4. The Morgan fingerprint density at radius 1 is 1.11 bits per heavy atom. The van der Waals surface area contributed by atoms with E-state index in [0.717, 1.165) is 6.04 Å². The molecule has 98 valence electrons. The lowest BCUT2D eigenvalue weighted by atomic mass is 9.93. The van der Waals surface area contributed by atoms with E-state index in [-0.39, 0.29) is 0 Å².